The van der Waals surface area contributed by atoms with Crippen molar-refractivity contribution in [1.82, 2.24) is 14.9 Å². The first-order chi connectivity index (χ1) is 14.4. The molecule has 0 fully saturated rings. The highest BCUT2D eigenvalue weighted by molar-refractivity contribution is 7.89. The van der Waals surface area contributed by atoms with Crippen molar-refractivity contribution in [2.45, 2.75) is 11.8 Å². The molecule has 0 radical (unpaired) electrons. The van der Waals surface area contributed by atoms with Gasteiger partial charge in [-0.25, -0.2) is 21.9 Å². The van der Waals surface area contributed by atoms with Gasteiger partial charge in [-0.2, -0.15) is 0 Å². The van der Waals surface area contributed by atoms with Crippen LogP contribution in [-0.2, 0) is 10.0 Å². The van der Waals surface area contributed by atoms with Gasteiger partial charge in [0.2, 0.25) is 15.9 Å². The van der Waals surface area contributed by atoms with E-state index in [2.05, 4.69) is 14.9 Å². The molecule has 30 heavy (non-hydrogen) atoms. The van der Waals surface area contributed by atoms with E-state index in [9.17, 15) is 17.2 Å². The van der Waals surface area contributed by atoms with Crippen molar-refractivity contribution >= 4 is 10.0 Å². The van der Waals surface area contributed by atoms with Crippen LogP contribution in [0.4, 0.5) is 8.78 Å². The molecule has 0 atom stereocenters. The highest BCUT2D eigenvalue weighted by Gasteiger charge is 2.19. The number of nitrogens with one attached hydrogen (secondary N) is 1. The molecule has 3 aromatic rings. The monoisotopic (exact) mass is 435 g/mol. The lowest BCUT2D eigenvalue weighted by molar-refractivity contribution is 0.307. The fourth-order valence-electron chi connectivity index (χ4n) is 2.53. The van der Waals surface area contributed by atoms with Crippen LogP contribution in [0.5, 0.6) is 11.6 Å². The van der Waals surface area contributed by atoms with Gasteiger partial charge in [-0.3, -0.25) is 0 Å². The number of sulfonamides is 1. The van der Waals surface area contributed by atoms with Gasteiger partial charge in [-0.15, -0.1) is 10.2 Å². The van der Waals surface area contributed by atoms with E-state index < -0.39 is 26.6 Å². The van der Waals surface area contributed by atoms with E-state index in [0.29, 0.717) is 18.4 Å². The topological polar surface area (TPSA) is 90.4 Å². The molecule has 0 amide bonds. The maximum atomic E-state index is 13.6. The fourth-order valence-corrected chi connectivity index (χ4v) is 3.63. The number of rotatable bonds is 9. The minimum absolute atomic E-state index is 0.0761. The molecule has 1 aromatic heterocycles. The maximum Gasteiger partial charge on any atom is 0.243 e. The van der Waals surface area contributed by atoms with Crippen molar-refractivity contribution in [2.75, 3.05) is 19.8 Å². The van der Waals surface area contributed by atoms with Crippen LogP contribution in [0.3, 0.4) is 0 Å². The number of benzene rings is 2. The zero-order valence-corrected chi connectivity index (χ0v) is 16.8. The molecule has 1 heterocycles. The Morgan fingerprint density at radius 2 is 1.73 bits per heavy atom. The van der Waals surface area contributed by atoms with E-state index in [1.807, 2.05) is 31.2 Å². The van der Waals surface area contributed by atoms with Gasteiger partial charge in [-0.05, 0) is 55.5 Å². The summed E-state index contributed by atoms with van der Waals surface area (Å²) in [7, 11) is -4.21. The molecule has 3 rings (SSSR count). The summed E-state index contributed by atoms with van der Waals surface area (Å²) in [5.74, 6) is -0.938. The van der Waals surface area contributed by atoms with Crippen molar-refractivity contribution < 1.29 is 26.7 Å². The van der Waals surface area contributed by atoms with Gasteiger partial charge in [-0.1, -0.05) is 0 Å². The van der Waals surface area contributed by atoms with E-state index in [1.165, 1.54) is 0 Å². The summed E-state index contributed by atoms with van der Waals surface area (Å²) in [6.07, 6.45) is 0. The Balaban J connectivity index is 1.53. The highest BCUT2D eigenvalue weighted by Crippen LogP contribution is 2.21. The van der Waals surface area contributed by atoms with Crippen LogP contribution in [0.1, 0.15) is 6.92 Å². The van der Waals surface area contributed by atoms with E-state index in [1.54, 1.807) is 12.1 Å². The average molecular weight is 435 g/mol. The Hall–Kier alpha value is -3.11. The number of ether oxygens (including phenoxy) is 2. The summed E-state index contributed by atoms with van der Waals surface area (Å²) in [4.78, 5) is -0.762. The second kappa shape index (κ2) is 9.59. The van der Waals surface area contributed by atoms with Gasteiger partial charge < -0.3 is 9.47 Å². The summed E-state index contributed by atoms with van der Waals surface area (Å²) in [6.45, 7) is 2.25. The molecule has 0 bridgehead atoms. The molecule has 0 aliphatic rings. The van der Waals surface area contributed by atoms with Crippen molar-refractivity contribution in [3.63, 3.8) is 0 Å². The third-order valence-electron chi connectivity index (χ3n) is 3.93. The predicted molar refractivity (Wildman–Crippen MR) is 106 cm³/mol. The second-order valence-electron chi connectivity index (χ2n) is 6.04. The lowest BCUT2D eigenvalue weighted by atomic mass is 10.1. The SMILES string of the molecule is CCOc1ccc(-c2ccc(OCCNS(=O)(=O)c3cc(F)ccc3F)nn2)cc1. The van der Waals surface area contributed by atoms with Gasteiger partial charge in [0.05, 0.1) is 12.3 Å². The molecule has 0 saturated carbocycles. The molecule has 1 N–H and O–H groups in total. The molecule has 7 nitrogen and oxygen atoms in total. The lowest BCUT2D eigenvalue weighted by Gasteiger charge is -2.09. The first-order valence-corrected chi connectivity index (χ1v) is 10.5. The van der Waals surface area contributed by atoms with Crippen molar-refractivity contribution in [3.05, 3.63) is 66.2 Å². The largest absolute Gasteiger partial charge is 0.494 e. The number of aromatic nitrogens is 2. The maximum absolute atomic E-state index is 13.6. The van der Waals surface area contributed by atoms with E-state index >= 15 is 0 Å². The van der Waals surface area contributed by atoms with E-state index in [0.717, 1.165) is 23.4 Å². The Labute approximate surface area is 172 Å². The standard InChI is InChI=1S/C20H19F2N3O4S/c1-2-28-16-6-3-14(4-7-16)18-9-10-20(25-24-18)29-12-11-23-30(26,27)19-13-15(21)5-8-17(19)22/h3-10,13,23H,2,11-12H2,1H3. The summed E-state index contributed by atoms with van der Waals surface area (Å²) in [5, 5.41) is 8.02. The van der Waals surface area contributed by atoms with Gasteiger partial charge in [0.15, 0.2) is 0 Å². The lowest BCUT2D eigenvalue weighted by Crippen LogP contribution is -2.29. The third kappa shape index (κ3) is 5.49. The van der Waals surface area contributed by atoms with E-state index in [-0.39, 0.29) is 19.0 Å². The molecule has 0 aliphatic carbocycles. The number of hydrogen-bond donors (Lipinski definition) is 1. The molecule has 0 aliphatic heterocycles. The number of hydrogen-bond acceptors (Lipinski definition) is 6. The normalized spacial score (nSPS) is 11.3. The first-order valence-electron chi connectivity index (χ1n) is 9.03. The molecule has 2 aromatic carbocycles. The molecule has 10 heteroatoms. The van der Waals surface area contributed by atoms with Crippen LogP contribution >= 0.6 is 0 Å². The van der Waals surface area contributed by atoms with Crippen LogP contribution in [0.25, 0.3) is 11.3 Å². The summed E-state index contributed by atoms with van der Waals surface area (Å²) in [6, 6.07) is 12.9. The zero-order chi connectivity index (χ0) is 21.6. The van der Waals surface area contributed by atoms with Crippen LogP contribution in [-0.4, -0.2) is 38.4 Å². The molecular weight excluding hydrogens is 416 g/mol. The van der Waals surface area contributed by atoms with Crippen molar-refractivity contribution in [1.29, 1.82) is 0 Å². The highest BCUT2D eigenvalue weighted by atomic mass is 32.2. The van der Waals surface area contributed by atoms with Crippen LogP contribution in [0, 0.1) is 11.6 Å². The Morgan fingerprint density at radius 1 is 0.967 bits per heavy atom. The summed E-state index contributed by atoms with van der Waals surface area (Å²) >= 11 is 0. The second-order valence-corrected chi connectivity index (χ2v) is 7.77. The third-order valence-corrected chi connectivity index (χ3v) is 5.40. The summed E-state index contributed by atoms with van der Waals surface area (Å²) < 4.78 is 63.9. The first kappa shape index (κ1) is 21.6. The minimum Gasteiger partial charge on any atom is -0.494 e. The van der Waals surface area contributed by atoms with Crippen LogP contribution in [0.2, 0.25) is 0 Å². The fraction of sp³-hybridized carbons (Fsp3) is 0.200. The minimum atomic E-state index is -4.21. The quantitative estimate of drug-likeness (QED) is 0.519. The van der Waals surface area contributed by atoms with Gasteiger partial charge in [0.1, 0.15) is 28.9 Å². The molecular formula is C20H19F2N3O4S. The average Bonchev–Trinajstić information content (AvgIpc) is 2.74. The van der Waals surface area contributed by atoms with Gasteiger partial charge >= 0.3 is 0 Å². The van der Waals surface area contributed by atoms with Crippen molar-refractivity contribution in [2.24, 2.45) is 0 Å². The van der Waals surface area contributed by atoms with E-state index in [4.69, 9.17) is 9.47 Å². The van der Waals surface area contributed by atoms with Crippen molar-refractivity contribution in [3.8, 4) is 22.9 Å². The van der Waals surface area contributed by atoms with Crippen LogP contribution < -0.4 is 14.2 Å². The molecule has 158 valence electrons. The Morgan fingerprint density at radius 3 is 2.40 bits per heavy atom. The summed E-state index contributed by atoms with van der Waals surface area (Å²) in [5.41, 5.74) is 1.48. The zero-order valence-electron chi connectivity index (χ0n) is 16.0. The molecule has 0 spiro atoms. The van der Waals surface area contributed by atoms with Crippen LogP contribution in [0.15, 0.2) is 59.5 Å². The number of nitrogens with zero attached hydrogens (tertiary/aromatic N) is 2. The van der Waals surface area contributed by atoms with Gasteiger partial charge in [0.25, 0.3) is 0 Å². The Bertz CT molecular complexity index is 1090. The smallest absolute Gasteiger partial charge is 0.243 e. The predicted octanol–water partition coefficient (Wildman–Crippen LogP) is 3.18. The Kier molecular flexibility index (Phi) is 6.91. The number of halogens is 2. The molecule has 0 saturated heterocycles. The molecule has 0 unspecified atom stereocenters. The van der Waals surface area contributed by atoms with Gasteiger partial charge in [0, 0.05) is 18.2 Å².